The van der Waals surface area contributed by atoms with Crippen LogP contribution in [0.25, 0.3) is 0 Å². The summed E-state index contributed by atoms with van der Waals surface area (Å²) in [6.07, 6.45) is 16.6. The van der Waals surface area contributed by atoms with Crippen molar-refractivity contribution < 1.29 is 14.6 Å². The Bertz CT molecular complexity index is 639. The lowest BCUT2D eigenvalue weighted by atomic mass is 9.63. The van der Waals surface area contributed by atoms with Crippen molar-refractivity contribution in [1.29, 1.82) is 0 Å². The second-order valence-electron chi connectivity index (χ2n) is 8.83. The van der Waals surface area contributed by atoms with Crippen LogP contribution in [0.1, 0.15) is 93.1 Å². The van der Waals surface area contributed by atoms with E-state index in [4.69, 9.17) is 0 Å². The number of aliphatic hydroxyl groups is 1. The van der Waals surface area contributed by atoms with Gasteiger partial charge in [-0.15, -0.1) is 11.3 Å². The molecule has 0 aromatic carbocycles. The van der Waals surface area contributed by atoms with Crippen LogP contribution < -0.4 is 0 Å². The third kappa shape index (κ3) is 6.68. The summed E-state index contributed by atoms with van der Waals surface area (Å²) < 4.78 is 4.60. The molecule has 164 valence electrons. The number of carbonyl (C=O) groups is 1. The molecule has 1 N–H and O–H groups in total. The third-order valence-corrected chi connectivity index (χ3v) is 8.10. The van der Waals surface area contributed by atoms with Gasteiger partial charge in [-0.1, -0.05) is 58.6 Å². The number of thiophene rings is 1. The summed E-state index contributed by atoms with van der Waals surface area (Å²) in [4.78, 5) is 13.0. The van der Waals surface area contributed by atoms with E-state index in [1.807, 2.05) is 12.1 Å². The summed E-state index contributed by atoms with van der Waals surface area (Å²) in [5.41, 5.74) is 0.269. The van der Waals surface area contributed by atoms with Gasteiger partial charge in [0.2, 0.25) is 0 Å². The van der Waals surface area contributed by atoms with Gasteiger partial charge in [-0.05, 0) is 67.9 Å². The second-order valence-corrected chi connectivity index (χ2v) is 10.00. The first kappa shape index (κ1) is 24.1. The Labute approximate surface area is 181 Å². The van der Waals surface area contributed by atoms with Crippen LogP contribution in [0.5, 0.6) is 0 Å². The fourth-order valence-corrected chi connectivity index (χ4v) is 5.64. The van der Waals surface area contributed by atoms with Gasteiger partial charge in [0.15, 0.2) is 0 Å². The van der Waals surface area contributed by atoms with E-state index in [2.05, 4.69) is 37.7 Å². The van der Waals surface area contributed by atoms with Crippen LogP contribution in [0.15, 0.2) is 24.3 Å². The first-order chi connectivity index (χ1) is 14.0. The van der Waals surface area contributed by atoms with Crippen LogP contribution in [0.4, 0.5) is 0 Å². The van der Waals surface area contributed by atoms with Crippen molar-refractivity contribution in [1.82, 2.24) is 0 Å². The molecule has 1 aromatic rings. The average molecular weight is 421 g/mol. The van der Waals surface area contributed by atoms with Gasteiger partial charge < -0.3 is 9.84 Å². The molecule has 0 aliphatic heterocycles. The molecule has 0 saturated heterocycles. The molecular formula is C25H40O3S. The van der Waals surface area contributed by atoms with E-state index >= 15 is 0 Å². The normalized spacial score (nSPS) is 23.9. The smallest absolute Gasteiger partial charge is 0.348 e. The van der Waals surface area contributed by atoms with E-state index in [-0.39, 0.29) is 17.5 Å². The van der Waals surface area contributed by atoms with E-state index in [9.17, 15) is 9.90 Å². The Kier molecular flexibility index (Phi) is 9.91. The summed E-state index contributed by atoms with van der Waals surface area (Å²) in [7, 11) is 1.40. The molecule has 29 heavy (non-hydrogen) atoms. The van der Waals surface area contributed by atoms with Crippen molar-refractivity contribution in [3.63, 3.8) is 0 Å². The monoisotopic (exact) mass is 420 g/mol. The molecule has 0 radical (unpaired) electrons. The highest BCUT2D eigenvalue weighted by Crippen LogP contribution is 2.47. The van der Waals surface area contributed by atoms with Crippen molar-refractivity contribution in [3.8, 4) is 0 Å². The largest absolute Gasteiger partial charge is 0.465 e. The first-order valence-corrected chi connectivity index (χ1v) is 12.3. The number of aliphatic hydroxyl groups excluding tert-OH is 1. The molecule has 0 amide bonds. The predicted molar refractivity (Wildman–Crippen MR) is 122 cm³/mol. The van der Waals surface area contributed by atoms with Crippen molar-refractivity contribution in [2.75, 3.05) is 7.11 Å². The van der Waals surface area contributed by atoms with Gasteiger partial charge in [-0.3, -0.25) is 0 Å². The van der Waals surface area contributed by atoms with Crippen LogP contribution in [0.3, 0.4) is 0 Å². The Morgan fingerprint density at radius 3 is 2.59 bits per heavy atom. The van der Waals surface area contributed by atoms with E-state index in [1.165, 1.54) is 61.8 Å². The van der Waals surface area contributed by atoms with Crippen molar-refractivity contribution in [2.24, 2.45) is 17.3 Å². The molecule has 2 fully saturated rings. The SMILES string of the molecule is CCC1(C(O)C/C=C/C2CCCC2C)CCC1.CCCc1ccc(C(=O)OC)s1. The number of esters is 1. The molecule has 4 heteroatoms. The fraction of sp³-hybridized carbons (Fsp3) is 0.720. The van der Waals surface area contributed by atoms with Crippen molar-refractivity contribution in [3.05, 3.63) is 34.0 Å². The summed E-state index contributed by atoms with van der Waals surface area (Å²) in [6.45, 7) is 6.71. The molecule has 3 nitrogen and oxygen atoms in total. The number of carbonyl (C=O) groups excluding carboxylic acids is 1. The van der Waals surface area contributed by atoms with Gasteiger partial charge in [0.05, 0.1) is 13.2 Å². The lowest BCUT2D eigenvalue weighted by molar-refractivity contribution is -0.0355. The number of methoxy groups -OCH3 is 1. The highest BCUT2D eigenvalue weighted by atomic mass is 32.1. The number of rotatable bonds is 8. The van der Waals surface area contributed by atoms with Crippen molar-refractivity contribution in [2.45, 2.75) is 91.1 Å². The second kappa shape index (κ2) is 11.9. The van der Waals surface area contributed by atoms with Gasteiger partial charge >= 0.3 is 5.97 Å². The molecule has 2 aliphatic rings. The summed E-state index contributed by atoms with van der Waals surface area (Å²) in [6, 6.07) is 3.81. The zero-order valence-corrected chi connectivity index (χ0v) is 19.6. The molecule has 3 atom stereocenters. The Morgan fingerprint density at radius 1 is 1.31 bits per heavy atom. The van der Waals surface area contributed by atoms with Gasteiger partial charge in [0.25, 0.3) is 0 Å². The van der Waals surface area contributed by atoms with Crippen LogP contribution in [-0.2, 0) is 11.2 Å². The van der Waals surface area contributed by atoms with Crippen LogP contribution >= 0.6 is 11.3 Å². The molecule has 0 spiro atoms. The van der Waals surface area contributed by atoms with Gasteiger partial charge in [-0.25, -0.2) is 4.79 Å². The zero-order valence-electron chi connectivity index (χ0n) is 18.8. The fourth-order valence-electron chi connectivity index (χ4n) is 4.61. The van der Waals surface area contributed by atoms with Crippen LogP contribution in [-0.4, -0.2) is 24.3 Å². The Morgan fingerprint density at radius 2 is 2.07 bits per heavy atom. The molecule has 3 rings (SSSR count). The number of aryl methyl sites for hydroxylation is 1. The average Bonchev–Trinajstić information content (AvgIpc) is 3.31. The first-order valence-electron chi connectivity index (χ1n) is 11.5. The van der Waals surface area contributed by atoms with Crippen LogP contribution in [0, 0.1) is 17.3 Å². The summed E-state index contributed by atoms with van der Waals surface area (Å²) in [5.74, 6) is 1.40. The summed E-state index contributed by atoms with van der Waals surface area (Å²) >= 11 is 1.52. The minimum Gasteiger partial charge on any atom is -0.465 e. The molecular weight excluding hydrogens is 380 g/mol. The maximum absolute atomic E-state index is 11.0. The number of hydrogen-bond donors (Lipinski definition) is 1. The number of ether oxygens (including phenoxy) is 1. The van der Waals surface area contributed by atoms with Gasteiger partial charge in [0.1, 0.15) is 4.88 Å². The lowest BCUT2D eigenvalue weighted by Crippen LogP contribution is -2.40. The molecule has 3 unspecified atom stereocenters. The van der Waals surface area contributed by atoms with Crippen LogP contribution in [0.2, 0.25) is 0 Å². The Hall–Kier alpha value is -1.13. The highest BCUT2D eigenvalue weighted by Gasteiger charge is 2.40. The molecule has 2 saturated carbocycles. The standard InChI is InChI=1S/C16H28O.C9H12O2S/c1-3-16(11-6-12-16)15(17)10-5-9-14-8-4-7-13(14)2;1-3-4-7-5-6-8(12-7)9(10)11-2/h5,9,13-15,17H,3-4,6-8,10-12H2,1-2H3;5-6H,3-4H2,1-2H3/b9-5+;. The van der Waals surface area contributed by atoms with Crippen molar-refractivity contribution >= 4 is 17.3 Å². The predicted octanol–water partition coefficient (Wildman–Crippen LogP) is 6.80. The van der Waals surface area contributed by atoms with Gasteiger partial charge in [-0.2, -0.15) is 0 Å². The van der Waals surface area contributed by atoms with E-state index < -0.39 is 0 Å². The van der Waals surface area contributed by atoms with E-state index in [0.717, 1.165) is 37.5 Å². The molecule has 0 bridgehead atoms. The minimum atomic E-state index is -0.234. The number of allylic oxidation sites excluding steroid dienone is 1. The summed E-state index contributed by atoms with van der Waals surface area (Å²) in [5, 5.41) is 10.3. The maximum Gasteiger partial charge on any atom is 0.348 e. The van der Waals surface area contributed by atoms with Gasteiger partial charge in [0, 0.05) is 4.88 Å². The lowest BCUT2D eigenvalue weighted by Gasteiger charge is -2.45. The zero-order chi connectivity index (χ0) is 21.3. The topological polar surface area (TPSA) is 46.5 Å². The quantitative estimate of drug-likeness (QED) is 0.372. The highest BCUT2D eigenvalue weighted by molar-refractivity contribution is 7.13. The third-order valence-electron chi connectivity index (χ3n) is 6.98. The molecule has 1 aromatic heterocycles. The van der Waals surface area contributed by atoms with E-state index in [1.54, 1.807) is 0 Å². The molecule has 1 heterocycles. The van der Waals surface area contributed by atoms with E-state index in [0.29, 0.717) is 4.88 Å². The molecule has 2 aliphatic carbocycles. The maximum atomic E-state index is 11.0. The number of hydrogen-bond acceptors (Lipinski definition) is 4. The Balaban J connectivity index is 0.000000221. The minimum absolute atomic E-state index is 0.103.